The summed E-state index contributed by atoms with van der Waals surface area (Å²) in [4.78, 5) is 0. The van der Waals surface area contributed by atoms with Crippen molar-refractivity contribution < 1.29 is 5.11 Å². The molecule has 1 rings (SSSR count). The normalized spacial score (nSPS) is 12.4. The average Bonchev–Trinajstić information content (AvgIpc) is 2.25. The van der Waals surface area contributed by atoms with Crippen LogP contribution in [-0.2, 0) is 0 Å². The highest BCUT2D eigenvalue weighted by molar-refractivity contribution is 5.19. The second-order valence-electron chi connectivity index (χ2n) is 3.81. The van der Waals surface area contributed by atoms with Crippen molar-refractivity contribution >= 4 is 0 Å². The van der Waals surface area contributed by atoms with E-state index in [1.807, 2.05) is 25.1 Å². The Morgan fingerprint density at radius 2 is 2.07 bits per heavy atom. The van der Waals surface area contributed by atoms with Crippen molar-refractivity contribution in [2.24, 2.45) is 0 Å². The predicted octanol–water partition coefficient (Wildman–Crippen LogP) is 2.28. The Bertz CT molecular complexity index is 295. The Kier molecular flexibility index (Phi) is 5.08. The lowest BCUT2D eigenvalue weighted by molar-refractivity contribution is 0.267. The Morgan fingerprint density at radius 3 is 2.60 bits per heavy atom. The Balaban J connectivity index is 2.61. The van der Waals surface area contributed by atoms with Gasteiger partial charge in [0.2, 0.25) is 0 Å². The highest BCUT2D eigenvalue weighted by atomic mass is 16.3. The minimum atomic E-state index is 0.197. The van der Waals surface area contributed by atoms with E-state index in [1.54, 1.807) is 0 Å². The van der Waals surface area contributed by atoms with E-state index in [-0.39, 0.29) is 12.6 Å². The molecule has 0 spiro atoms. The van der Waals surface area contributed by atoms with Crippen molar-refractivity contribution in [3.63, 3.8) is 0 Å². The Labute approximate surface area is 91.6 Å². The Morgan fingerprint density at radius 1 is 1.40 bits per heavy atom. The van der Waals surface area contributed by atoms with Crippen molar-refractivity contribution in [1.82, 2.24) is 5.32 Å². The van der Waals surface area contributed by atoms with E-state index < -0.39 is 0 Å². The van der Waals surface area contributed by atoms with Gasteiger partial charge in [0.05, 0.1) is 0 Å². The Hall–Kier alpha value is -1.12. The van der Waals surface area contributed by atoms with E-state index in [0.29, 0.717) is 0 Å². The maximum Gasteiger partial charge on any atom is 0.0449 e. The van der Waals surface area contributed by atoms with Gasteiger partial charge >= 0.3 is 0 Å². The standard InChI is InChI=1S/C13H19NO/c1-11(2)10-14-13(8-9-15)12-6-4-3-5-7-12/h3-7,13-15H,1,8-10H2,2H3/t13-/m1/s1. The second kappa shape index (κ2) is 6.38. The molecule has 2 N–H and O–H groups in total. The van der Waals surface area contributed by atoms with Crippen LogP contribution in [0.3, 0.4) is 0 Å². The smallest absolute Gasteiger partial charge is 0.0449 e. The summed E-state index contributed by atoms with van der Waals surface area (Å²) < 4.78 is 0. The molecule has 0 saturated heterocycles. The number of hydrogen-bond donors (Lipinski definition) is 2. The van der Waals surface area contributed by atoms with Gasteiger partial charge in [-0.1, -0.05) is 42.5 Å². The van der Waals surface area contributed by atoms with E-state index in [2.05, 4.69) is 24.0 Å². The molecule has 0 fully saturated rings. The van der Waals surface area contributed by atoms with Gasteiger partial charge in [-0.2, -0.15) is 0 Å². The van der Waals surface area contributed by atoms with Gasteiger partial charge in [-0.15, -0.1) is 0 Å². The summed E-state index contributed by atoms with van der Waals surface area (Å²) in [5, 5.41) is 12.4. The van der Waals surface area contributed by atoms with Gasteiger partial charge < -0.3 is 10.4 Å². The molecule has 0 radical (unpaired) electrons. The van der Waals surface area contributed by atoms with Gasteiger partial charge in [-0.05, 0) is 18.9 Å². The molecule has 0 aliphatic heterocycles. The molecule has 1 atom stereocenters. The molecule has 82 valence electrons. The molecule has 15 heavy (non-hydrogen) atoms. The van der Waals surface area contributed by atoms with E-state index in [9.17, 15) is 0 Å². The fourth-order valence-corrected chi connectivity index (χ4v) is 1.50. The second-order valence-corrected chi connectivity index (χ2v) is 3.81. The van der Waals surface area contributed by atoms with E-state index in [0.717, 1.165) is 18.5 Å². The van der Waals surface area contributed by atoms with Gasteiger partial charge in [0.15, 0.2) is 0 Å². The zero-order valence-electron chi connectivity index (χ0n) is 9.24. The summed E-state index contributed by atoms with van der Waals surface area (Å²) in [6.07, 6.45) is 0.733. The lowest BCUT2D eigenvalue weighted by Gasteiger charge is -2.18. The largest absolute Gasteiger partial charge is 0.396 e. The molecular formula is C13H19NO. The van der Waals surface area contributed by atoms with Gasteiger partial charge in [0.25, 0.3) is 0 Å². The zero-order valence-corrected chi connectivity index (χ0v) is 9.24. The maximum absolute atomic E-state index is 9.00. The highest BCUT2D eigenvalue weighted by Gasteiger charge is 2.08. The van der Waals surface area contributed by atoms with E-state index >= 15 is 0 Å². The summed E-state index contributed by atoms with van der Waals surface area (Å²) in [7, 11) is 0. The number of aliphatic hydroxyl groups is 1. The summed E-state index contributed by atoms with van der Waals surface area (Å²) in [5.41, 5.74) is 2.32. The van der Waals surface area contributed by atoms with E-state index in [4.69, 9.17) is 5.11 Å². The fourth-order valence-electron chi connectivity index (χ4n) is 1.50. The molecule has 1 aromatic carbocycles. The first kappa shape index (κ1) is 12.0. The topological polar surface area (TPSA) is 32.3 Å². The third-order valence-electron chi connectivity index (χ3n) is 2.27. The van der Waals surface area contributed by atoms with Crippen molar-refractivity contribution in [2.45, 2.75) is 19.4 Å². The SMILES string of the molecule is C=C(C)CN[C@H](CCO)c1ccccc1. The van der Waals surface area contributed by atoms with Crippen LogP contribution < -0.4 is 5.32 Å². The number of benzene rings is 1. The minimum absolute atomic E-state index is 0.197. The lowest BCUT2D eigenvalue weighted by Crippen LogP contribution is -2.23. The summed E-state index contributed by atoms with van der Waals surface area (Å²) in [6.45, 7) is 6.84. The van der Waals surface area contributed by atoms with Crippen molar-refractivity contribution in [2.75, 3.05) is 13.2 Å². The first-order chi connectivity index (χ1) is 7.24. The first-order valence-electron chi connectivity index (χ1n) is 5.27. The van der Waals surface area contributed by atoms with Gasteiger partial charge in [0.1, 0.15) is 0 Å². The van der Waals surface area contributed by atoms with Crippen LogP contribution in [0.1, 0.15) is 24.9 Å². The molecular weight excluding hydrogens is 186 g/mol. The number of nitrogens with one attached hydrogen (secondary N) is 1. The summed E-state index contributed by atoms with van der Waals surface area (Å²) >= 11 is 0. The summed E-state index contributed by atoms with van der Waals surface area (Å²) in [6, 6.07) is 10.4. The molecule has 0 aromatic heterocycles. The van der Waals surface area contributed by atoms with Crippen molar-refractivity contribution in [3.8, 4) is 0 Å². The third kappa shape index (κ3) is 4.28. The van der Waals surface area contributed by atoms with Gasteiger partial charge in [0, 0.05) is 19.2 Å². The van der Waals surface area contributed by atoms with Crippen LogP contribution >= 0.6 is 0 Å². The molecule has 2 heteroatoms. The summed E-state index contributed by atoms with van der Waals surface area (Å²) in [5.74, 6) is 0. The minimum Gasteiger partial charge on any atom is -0.396 e. The molecule has 0 heterocycles. The van der Waals surface area contributed by atoms with E-state index in [1.165, 1.54) is 5.56 Å². The van der Waals surface area contributed by atoms with Crippen LogP contribution in [0.15, 0.2) is 42.5 Å². The fraction of sp³-hybridized carbons (Fsp3) is 0.385. The quantitative estimate of drug-likeness (QED) is 0.698. The highest BCUT2D eigenvalue weighted by Crippen LogP contribution is 2.15. The molecule has 2 nitrogen and oxygen atoms in total. The first-order valence-corrected chi connectivity index (χ1v) is 5.27. The molecule has 0 amide bonds. The lowest BCUT2D eigenvalue weighted by atomic mass is 10.0. The monoisotopic (exact) mass is 205 g/mol. The molecule has 0 saturated carbocycles. The number of rotatable bonds is 6. The van der Waals surface area contributed by atoms with Crippen LogP contribution in [-0.4, -0.2) is 18.3 Å². The van der Waals surface area contributed by atoms with Gasteiger partial charge in [-0.25, -0.2) is 0 Å². The molecule has 0 bridgehead atoms. The van der Waals surface area contributed by atoms with Crippen molar-refractivity contribution in [3.05, 3.63) is 48.0 Å². The molecule has 0 unspecified atom stereocenters. The number of aliphatic hydroxyl groups excluding tert-OH is 1. The molecule has 0 aliphatic carbocycles. The predicted molar refractivity (Wildman–Crippen MR) is 63.7 cm³/mol. The van der Waals surface area contributed by atoms with Crippen molar-refractivity contribution in [1.29, 1.82) is 0 Å². The van der Waals surface area contributed by atoms with Crippen LogP contribution in [0.25, 0.3) is 0 Å². The average molecular weight is 205 g/mol. The maximum atomic E-state index is 9.00. The van der Waals surface area contributed by atoms with Crippen LogP contribution in [0.4, 0.5) is 0 Å². The van der Waals surface area contributed by atoms with Gasteiger partial charge in [-0.3, -0.25) is 0 Å². The van der Waals surface area contributed by atoms with Crippen LogP contribution in [0, 0.1) is 0 Å². The molecule has 0 aliphatic rings. The third-order valence-corrected chi connectivity index (χ3v) is 2.27. The van der Waals surface area contributed by atoms with Crippen LogP contribution in [0.5, 0.6) is 0 Å². The van der Waals surface area contributed by atoms with Crippen LogP contribution in [0.2, 0.25) is 0 Å². The number of hydrogen-bond acceptors (Lipinski definition) is 2. The molecule has 1 aromatic rings. The zero-order chi connectivity index (χ0) is 11.1.